The van der Waals surface area contributed by atoms with E-state index < -0.39 is 11.8 Å². The second-order valence-corrected chi connectivity index (χ2v) is 8.10. The lowest BCUT2D eigenvalue weighted by Crippen LogP contribution is -2.42. The van der Waals surface area contributed by atoms with Gasteiger partial charge in [-0.25, -0.2) is 4.68 Å². The van der Waals surface area contributed by atoms with Crippen molar-refractivity contribution < 1.29 is 19.1 Å². The molecule has 8 heteroatoms. The van der Waals surface area contributed by atoms with Crippen molar-refractivity contribution in [3.05, 3.63) is 77.0 Å². The number of hydrogen-bond donors (Lipinski definition) is 0. The van der Waals surface area contributed by atoms with Crippen LogP contribution in [0.15, 0.2) is 71.4 Å². The molecule has 3 heterocycles. The molecule has 2 aliphatic rings. The van der Waals surface area contributed by atoms with Crippen LogP contribution in [-0.4, -0.2) is 46.3 Å². The summed E-state index contributed by atoms with van der Waals surface area (Å²) >= 11 is 0. The van der Waals surface area contributed by atoms with E-state index in [1.54, 1.807) is 24.6 Å². The van der Waals surface area contributed by atoms with E-state index in [1.165, 1.54) is 0 Å². The Balaban J connectivity index is 1.70. The average molecular weight is 466 g/mol. The van der Waals surface area contributed by atoms with E-state index in [9.17, 15) is 14.9 Å². The summed E-state index contributed by atoms with van der Waals surface area (Å²) in [7, 11) is 0. The molecule has 8 nitrogen and oxygen atoms in total. The van der Waals surface area contributed by atoms with Crippen LogP contribution >= 0.6 is 0 Å². The number of hydrogen-bond acceptors (Lipinski definition) is 6. The molecule has 1 aromatic heterocycles. The highest BCUT2D eigenvalue weighted by Gasteiger charge is 2.34. The maximum Gasteiger partial charge on any atom is 0.271 e. The number of amides is 2. The third-order valence-corrected chi connectivity index (χ3v) is 6.02. The van der Waals surface area contributed by atoms with Gasteiger partial charge in [0.25, 0.3) is 11.8 Å². The Kier molecular flexibility index (Phi) is 5.67. The predicted molar refractivity (Wildman–Crippen MR) is 129 cm³/mol. The largest absolute Gasteiger partial charge is 0.486 e. The van der Waals surface area contributed by atoms with Crippen LogP contribution in [0.1, 0.15) is 19.4 Å². The summed E-state index contributed by atoms with van der Waals surface area (Å²) in [5.41, 5.74) is 3.52. The first-order valence-corrected chi connectivity index (χ1v) is 11.3. The van der Waals surface area contributed by atoms with Crippen LogP contribution < -0.4 is 9.47 Å². The fourth-order valence-electron chi connectivity index (χ4n) is 4.19. The number of benzene rings is 2. The zero-order chi connectivity index (χ0) is 24.5. The minimum absolute atomic E-state index is 0.0333. The molecule has 2 amide bonds. The van der Waals surface area contributed by atoms with Gasteiger partial charge in [0.1, 0.15) is 30.6 Å². The lowest BCUT2D eigenvalue weighted by Gasteiger charge is -2.26. The molecule has 0 bridgehead atoms. The second-order valence-electron chi connectivity index (χ2n) is 8.10. The Labute approximate surface area is 202 Å². The maximum absolute atomic E-state index is 13.2. The number of fused-ring (bicyclic) bond motifs is 1. The molecule has 0 spiro atoms. The van der Waals surface area contributed by atoms with Crippen molar-refractivity contribution >= 4 is 17.9 Å². The van der Waals surface area contributed by atoms with E-state index in [1.807, 2.05) is 60.8 Å². The van der Waals surface area contributed by atoms with Gasteiger partial charge in [-0.05, 0) is 55.8 Å². The number of aromatic nitrogens is 2. The van der Waals surface area contributed by atoms with Crippen molar-refractivity contribution in [2.24, 2.45) is 0 Å². The summed E-state index contributed by atoms with van der Waals surface area (Å²) in [5.74, 6) is 0.289. The molecule has 35 heavy (non-hydrogen) atoms. The number of para-hydroxylation sites is 1. The third kappa shape index (κ3) is 3.87. The number of ether oxygens (including phenoxy) is 2. The molecule has 5 rings (SSSR count). The molecule has 2 aromatic carbocycles. The summed E-state index contributed by atoms with van der Waals surface area (Å²) in [6.45, 7) is 4.46. The first kappa shape index (κ1) is 22.2. The van der Waals surface area contributed by atoms with Crippen LogP contribution in [-0.2, 0) is 9.59 Å². The number of carbonyl (C=O) groups is 2. The predicted octanol–water partition coefficient (Wildman–Crippen LogP) is 3.92. The van der Waals surface area contributed by atoms with Gasteiger partial charge in [0.15, 0.2) is 11.5 Å². The molecule has 174 valence electrons. The zero-order valence-electron chi connectivity index (χ0n) is 19.3. The Bertz CT molecular complexity index is 1440. The van der Waals surface area contributed by atoms with Gasteiger partial charge in [0.2, 0.25) is 0 Å². The molecule has 0 saturated heterocycles. The van der Waals surface area contributed by atoms with Gasteiger partial charge < -0.3 is 9.47 Å². The number of imide groups is 1. The highest BCUT2D eigenvalue weighted by atomic mass is 16.6. The summed E-state index contributed by atoms with van der Waals surface area (Å²) in [6.07, 6.45) is 3.52. The van der Waals surface area contributed by atoms with Crippen LogP contribution in [0, 0.1) is 11.3 Å². The first-order chi connectivity index (χ1) is 17.0. The lowest BCUT2D eigenvalue weighted by molar-refractivity contribution is -0.140. The first-order valence-electron chi connectivity index (χ1n) is 11.3. The van der Waals surface area contributed by atoms with E-state index in [-0.39, 0.29) is 17.7 Å². The van der Waals surface area contributed by atoms with Crippen molar-refractivity contribution in [1.82, 2.24) is 14.7 Å². The average Bonchev–Trinajstić information content (AvgIpc) is 3.31. The highest BCUT2D eigenvalue weighted by Crippen LogP contribution is 2.36. The monoisotopic (exact) mass is 466 g/mol. The van der Waals surface area contributed by atoms with Gasteiger partial charge in [-0.2, -0.15) is 10.4 Å². The topological polar surface area (TPSA) is 97.5 Å². The molecule has 0 aliphatic carbocycles. The summed E-state index contributed by atoms with van der Waals surface area (Å²) in [4.78, 5) is 26.9. The Hall–Kier alpha value is -4.64. The van der Waals surface area contributed by atoms with E-state index in [0.717, 1.165) is 16.2 Å². The van der Waals surface area contributed by atoms with Crippen molar-refractivity contribution in [3.63, 3.8) is 0 Å². The number of likely N-dealkylation sites (N-methyl/N-ethyl adjacent to an activating group) is 1. The van der Waals surface area contributed by atoms with Gasteiger partial charge in [-0.1, -0.05) is 18.2 Å². The summed E-state index contributed by atoms with van der Waals surface area (Å²) < 4.78 is 13.1. The molecule has 0 radical (unpaired) electrons. The molecule has 0 saturated carbocycles. The second kappa shape index (κ2) is 8.95. The van der Waals surface area contributed by atoms with Crippen molar-refractivity contribution in [3.8, 4) is 34.5 Å². The smallest absolute Gasteiger partial charge is 0.271 e. The fourth-order valence-corrected chi connectivity index (χ4v) is 4.19. The molecule has 0 atom stereocenters. The molecular weight excluding hydrogens is 444 g/mol. The van der Waals surface area contributed by atoms with Crippen LogP contribution in [0.25, 0.3) is 23.0 Å². The van der Waals surface area contributed by atoms with Crippen molar-refractivity contribution in [1.29, 1.82) is 5.26 Å². The van der Waals surface area contributed by atoms with Crippen molar-refractivity contribution in [2.75, 3.05) is 19.8 Å². The Morgan fingerprint density at radius 1 is 1.06 bits per heavy atom. The minimum Gasteiger partial charge on any atom is -0.486 e. The van der Waals surface area contributed by atoms with E-state index in [4.69, 9.17) is 14.6 Å². The van der Waals surface area contributed by atoms with Gasteiger partial charge in [-0.3, -0.25) is 14.5 Å². The summed E-state index contributed by atoms with van der Waals surface area (Å²) in [6, 6.07) is 17.2. The molecule has 3 aromatic rings. The number of nitrogens with zero attached hydrogens (tertiary/aromatic N) is 4. The molecule has 2 aliphatic heterocycles. The van der Waals surface area contributed by atoms with Crippen LogP contribution in [0.4, 0.5) is 0 Å². The maximum atomic E-state index is 13.2. The van der Waals surface area contributed by atoms with Crippen LogP contribution in [0.2, 0.25) is 0 Å². The van der Waals surface area contributed by atoms with Crippen molar-refractivity contribution in [2.45, 2.75) is 13.8 Å². The fraction of sp³-hybridized carbons (Fsp3) is 0.185. The van der Waals surface area contributed by atoms with Gasteiger partial charge >= 0.3 is 0 Å². The SMILES string of the molecule is CCN1C(=O)C(C#N)=C(C)/C(=C\c2cn(-c3ccccc3)nc2-c2ccc3c(c2)OCCO3)C1=O. The third-order valence-electron chi connectivity index (χ3n) is 6.02. The van der Waals surface area contributed by atoms with Crippen LogP contribution in [0.3, 0.4) is 0 Å². The van der Waals surface area contributed by atoms with Gasteiger partial charge in [0.05, 0.1) is 5.69 Å². The number of carbonyl (C=O) groups excluding carboxylic acids is 2. The Morgan fingerprint density at radius 3 is 2.51 bits per heavy atom. The van der Waals surface area contributed by atoms with E-state index in [0.29, 0.717) is 41.5 Å². The van der Waals surface area contributed by atoms with Gasteiger partial charge in [-0.15, -0.1) is 0 Å². The highest BCUT2D eigenvalue weighted by molar-refractivity contribution is 6.19. The normalized spacial score (nSPS) is 16.6. The molecular formula is C27H22N4O4. The zero-order valence-corrected chi connectivity index (χ0v) is 19.3. The van der Waals surface area contributed by atoms with E-state index in [2.05, 4.69) is 0 Å². The van der Waals surface area contributed by atoms with E-state index >= 15 is 0 Å². The quantitative estimate of drug-likeness (QED) is 0.427. The molecule has 0 fully saturated rings. The molecule has 0 unspecified atom stereocenters. The van der Waals surface area contributed by atoms with Crippen LogP contribution in [0.5, 0.6) is 11.5 Å². The van der Waals surface area contributed by atoms with Gasteiger partial charge in [0, 0.05) is 29.4 Å². The number of rotatable bonds is 4. The lowest BCUT2D eigenvalue weighted by atomic mass is 9.93. The number of nitriles is 1. The summed E-state index contributed by atoms with van der Waals surface area (Å²) in [5, 5.41) is 14.4. The Morgan fingerprint density at radius 2 is 1.80 bits per heavy atom. The standard InChI is InChI=1S/C27H22N4O4/c1-3-30-26(32)21(17(2)22(15-28)27(30)33)13-19-16-31(20-7-5-4-6-8-20)29-25(19)18-9-10-23-24(14-18)35-12-11-34-23/h4-10,13-14,16H,3,11-12H2,1-2H3/b21-13+. The minimum atomic E-state index is -0.568. The molecule has 0 N–H and O–H groups in total.